The lowest BCUT2D eigenvalue weighted by molar-refractivity contribution is -0.136. The van der Waals surface area contributed by atoms with Crippen LogP contribution in [0.2, 0.25) is 0 Å². The Balaban J connectivity index is 1.89. The molecule has 0 radical (unpaired) electrons. The van der Waals surface area contributed by atoms with E-state index < -0.39 is 5.97 Å². The van der Waals surface area contributed by atoms with E-state index in [9.17, 15) is 9.18 Å². The minimum Gasteiger partial charge on any atom is -0.481 e. The van der Waals surface area contributed by atoms with Gasteiger partial charge in [0.15, 0.2) is 0 Å². The average Bonchev–Trinajstić information content (AvgIpc) is 2.83. The molecule has 0 saturated heterocycles. The third kappa shape index (κ3) is 4.15. The van der Waals surface area contributed by atoms with E-state index in [1.807, 2.05) is 19.1 Å². The summed E-state index contributed by atoms with van der Waals surface area (Å²) in [6.07, 6.45) is 0.0676. The molecule has 106 valence electrons. The summed E-state index contributed by atoms with van der Waals surface area (Å²) < 4.78 is 12.8. The normalized spacial score (nSPS) is 12.3. The Hall–Kier alpha value is -1.72. The Labute approximate surface area is 121 Å². The van der Waals surface area contributed by atoms with Gasteiger partial charge in [-0.1, -0.05) is 12.1 Å². The van der Waals surface area contributed by atoms with Gasteiger partial charge in [-0.2, -0.15) is 0 Å². The lowest BCUT2D eigenvalue weighted by Crippen LogP contribution is -2.17. The van der Waals surface area contributed by atoms with Gasteiger partial charge in [-0.15, -0.1) is 11.3 Å². The van der Waals surface area contributed by atoms with E-state index in [0.717, 1.165) is 15.3 Å². The SMILES string of the molecule is CC(NCc1ccc(CC(=O)O)s1)c1ccc(F)cc1. The van der Waals surface area contributed by atoms with Crippen molar-refractivity contribution in [3.8, 4) is 0 Å². The first-order chi connectivity index (χ1) is 9.54. The Morgan fingerprint density at radius 2 is 1.90 bits per heavy atom. The van der Waals surface area contributed by atoms with Gasteiger partial charge in [-0.25, -0.2) is 4.39 Å². The summed E-state index contributed by atoms with van der Waals surface area (Å²) in [5.41, 5.74) is 1.02. The molecule has 0 spiro atoms. The fourth-order valence-corrected chi connectivity index (χ4v) is 2.84. The monoisotopic (exact) mass is 293 g/mol. The maximum absolute atomic E-state index is 12.8. The second kappa shape index (κ2) is 6.63. The van der Waals surface area contributed by atoms with Crippen LogP contribution in [0.5, 0.6) is 0 Å². The molecule has 0 bridgehead atoms. The van der Waals surface area contributed by atoms with Gasteiger partial charge in [0.1, 0.15) is 5.82 Å². The highest BCUT2D eigenvalue weighted by molar-refractivity contribution is 7.12. The zero-order valence-corrected chi connectivity index (χ0v) is 11.9. The molecule has 2 N–H and O–H groups in total. The number of carboxylic acids is 1. The third-order valence-corrected chi connectivity index (χ3v) is 4.08. The Morgan fingerprint density at radius 3 is 2.55 bits per heavy atom. The molecule has 0 aliphatic rings. The first-order valence-corrected chi connectivity index (χ1v) is 7.14. The van der Waals surface area contributed by atoms with Crippen LogP contribution < -0.4 is 5.32 Å². The van der Waals surface area contributed by atoms with Gasteiger partial charge < -0.3 is 10.4 Å². The standard InChI is InChI=1S/C15H16FNO2S/c1-10(11-2-4-12(16)5-3-11)17-9-14-7-6-13(20-14)8-15(18)19/h2-7,10,17H,8-9H2,1H3,(H,18,19). The lowest BCUT2D eigenvalue weighted by Gasteiger charge is -2.13. The molecule has 1 aromatic carbocycles. The molecule has 1 atom stereocenters. The number of aliphatic carboxylic acids is 1. The van der Waals surface area contributed by atoms with E-state index in [0.29, 0.717) is 6.54 Å². The molecule has 0 aliphatic carbocycles. The Morgan fingerprint density at radius 1 is 1.25 bits per heavy atom. The van der Waals surface area contributed by atoms with Crippen molar-refractivity contribution in [1.29, 1.82) is 0 Å². The van der Waals surface area contributed by atoms with E-state index >= 15 is 0 Å². The highest BCUT2D eigenvalue weighted by Crippen LogP contribution is 2.19. The van der Waals surface area contributed by atoms with E-state index in [4.69, 9.17) is 5.11 Å². The molecular weight excluding hydrogens is 277 g/mol. The van der Waals surface area contributed by atoms with Gasteiger partial charge in [0.05, 0.1) is 6.42 Å². The molecule has 0 saturated carbocycles. The van der Waals surface area contributed by atoms with Crippen molar-refractivity contribution in [3.05, 3.63) is 57.5 Å². The van der Waals surface area contributed by atoms with Crippen LogP contribution in [0.1, 0.15) is 28.3 Å². The van der Waals surface area contributed by atoms with E-state index in [1.165, 1.54) is 23.5 Å². The molecule has 1 aromatic heterocycles. The first kappa shape index (κ1) is 14.7. The van der Waals surface area contributed by atoms with Crippen LogP contribution in [0, 0.1) is 5.82 Å². The molecule has 0 fully saturated rings. The second-order valence-corrected chi connectivity index (χ2v) is 5.85. The van der Waals surface area contributed by atoms with Crippen molar-refractivity contribution in [2.24, 2.45) is 0 Å². The van der Waals surface area contributed by atoms with Crippen LogP contribution in [0.3, 0.4) is 0 Å². The largest absolute Gasteiger partial charge is 0.481 e. The summed E-state index contributed by atoms with van der Waals surface area (Å²) in [4.78, 5) is 12.6. The smallest absolute Gasteiger partial charge is 0.308 e. The molecule has 1 unspecified atom stereocenters. The van der Waals surface area contributed by atoms with Crippen LogP contribution in [0.4, 0.5) is 4.39 Å². The van der Waals surface area contributed by atoms with Crippen molar-refractivity contribution in [1.82, 2.24) is 5.32 Å². The van der Waals surface area contributed by atoms with Crippen molar-refractivity contribution < 1.29 is 14.3 Å². The minimum absolute atomic E-state index is 0.0676. The third-order valence-electron chi connectivity index (χ3n) is 3.00. The number of thiophene rings is 1. The molecule has 5 heteroatoms. The van der Waals surface area contributed by atoms with Gasteiger partial charge >= 0.3 is 5.97 Å². The topological polar surface area (TPSA) is 49.3 Å². The number of benzene rings is 1. The average molecular weight is 293 g/mol. The fraction of sp³-hybridized carbons (Fsp3) is 0.267. The quantitative estimate of drug-likeness (QED) is 0.858. The number of carboxylic acid groups (broad SMARTS) is 1. The van der Waals surface area contributed by atoms with Crippen molar-refractivity contribution >= 4 is 17.3 Å². The molecule has 1 heterocycles. The van der Waals surface area contributed by atoms with Crippen LogP contribution >= 0.6 is 11.3 Å². The Kier molecular flexibility index (Phi) is 4.87. The molecule has 2 rings (SSSR count). The molecule has 2 aromatic rings. The summed E-state index contributed by atoms with van der Waals surface area (Å²) in [6, 6.07) is 10.3. The summed E-state index contributed by atoms with van der Waals surface area (Å²) in [5.74, 6) is -1.05. The fourth-order valence-electron chi connectivity index (χ4n) is 1.88. The first-order valence-electron chi connectivity index (χ1n) is 6.33. The molecule has 0 aliphatic heterocycles. The Bertz CT molecular complexity index is 580. The zero-order chi connectivity index (χ0) is 14.5. The predicted molar refractivity (Wildman–Crippen MR) is 77.3 cm³/mol. The van der Waals surface area contributed by atoms with Gasteiger partial charge in [0, 0.05) is 22.3 Å². The van der Waals surface area contributed by atoms with E-state index in [2.05, 4.69) is 5.32 Å². The number of hydrogen-bond acceptors (Lipinski definition) is 3. The molecule has 20 heavy (non-hydrogen) atoms. The van der Waals surface area contributed by atoms with E-state index in [-0.39, 0.29) is 18.3 Å². The lowest BCUT2D eigenvalue weighted by atomic mass is 10.1. The maximum Gasteiger partial charge on any atom is 0.308 e. The minimum atomic E-state index is -0.814. The molecular formula is C15H16FNO2S. The van der Waals surface area contributed by atoms with Gasteiger partial charge in [-0.3, -0.25) is 4.79 Å². The van der Waals surface area contributed by atoms with Gasteiger partial charge in [-0.05, 0) is 36.8 Å². The molecule has 0 amide bonds. The van der Waals surface area contributed by atoms with Crippen LogP contribution in [0.25, 0.3) is 0 Å². The summed E-state index contributed by atoms with van der Waals surface area (Å²) in [7, 11) is 0. The summed E-state index contributed by atoms with van der Waals surface area (Å²) >= 11 is 1.50. The number of halogens is 1. The summed E-state index contributed by atoms with van der Waals surface area (Å²) in [5, 5.41) is 12.1. The van der Waals surface area contributed by atoms with Crippen molar-refractivity contribution in [3.63, 3.8) is 0 Å². The van der Waals surface area contributed by atoms with Crippen LogP contribution in [-0.4, -0.2) is 11.1 Å². The number of nitrogens with one attached hydrogen (secondary N) is 1. The zero-order valence-electron chi connectivity index (χ0n) is 11.1. The van der Waals surface area contributed by atoms with Gasteiger partial charge in [0.25, 0.3) is 0 Å². The highest BCUT2D eigenvalue weighted by Gasteiger charge is 2.07. The van der Waals surface area contributed by atoms with Crippen LogP contribution in [-0.2, 0) is 17.8 Å². The predicted octanol–water partition coefficient (Wildman–Crippen LogP) is 3.37. The second-order valence-electron chi connectivity index (χ2n) is 4.59. The summed E-state index contributed by atoms with van der Waals surface area (Å²) in [6.45, 7) is 2.68. The van der Waals surface area contributed by atoms with Crippen LogP contribution in [0.15, 0.2) is 36.4 Å². The maximum atomic E-state index is 12.8. The highest BCUT2D eigenvalue weighted by atomic mass is 32.1. The van der Waals surface area contributed by atoms with Crippen molar-refractivity contribution in [2.45, 2.75) is 25.9 Å². The van der Waals surface area contributed by atoms with Gasteiger partial charge in [0.2, 0.25) is 0 Å². The van der Waals surface area contributed by atoms with E-state index in [1.54, 1.807) is 12.1 Å². The number of hydrogen-bond donors (Lipinski definition) is 2. The molecule has 3 nitrogen and oxygen atoms in total. The van der Waals surface area contributed by atoms with Crippen molar-refractivity contribution in [2.75, 3.05) is 0 Å². The number of rotatable bonds is 6. The number of carbonyl (C=O) groups is 1.